The van der Waals surface area contributed by atoms with Crippen molar-refractivity contribution >= 4 is 0 Å². The van der Waals surface area contributed by atoms with E-state index in [1.165, 1.54) is 50.1 Å². The number of hydrogen-bond donors (Lipinski definition) is 0. The van der Waals surface area contributed by atoms with Gasteiger partial charge >= 0.3 is 0 Å². The molecule has 0 heterocycles. The maximum Gasteiger partial charge on any atom is 0.0350 e. The molecule has 0 aliphatic carbocycles. The zero-order valence-corrected chi connectivity index (χ0v) is 18.3. The molecule has 0 aromatic heterocycles. The minimum atomic E-state index is 0.280. The van der Waals surface area contributed by atoms with Gasteiger partial charge in [-0.2, -0.15) is 0 Å². The van der Waals surface area contributed by atoms with Crippen LogP contribution in [0.3, 0.4) is 0 Å². The van der Waals surface area contributed by atoms with Crippen molar-refractivity contribution in [3.05, 3.63) is 105 Å². The highest BCUT2D eigenvalue weighted by atomic mass is 14.3. The molecule has 0 atom stereocenters. The van der Waals surface area contributed by atoms with Crippen molar-refractivity contribution in [1.29, 1.82) is 0 Å². The molecule has 0 bridgehead atoms. The largest absolute Gasteiger partial charge is 0.0683 e. The predicted molar refractivity (Wildman–Crippen MR) is 120 cm³/mol. The van der Waals surface area contributed by atoms with Crippen LogP contribution in [0.5, 0.6) is 0 Å². The van der Waals surface area contributed by atoms with Crippen LogP contribution < -0.4 is 0 Å². The Hall–Kier alpha value is -2.34. The van der Waals surface area contributed by atoms with E-state index in [4.69, 9.17) is 0 Å². The van der Waals surface area contributed by atoms with E-state index in [1.807, 2.05) is 13.8 Å². The van der Waals surface area contributed by atoms with Crippen LogP contribution >= 0.6 is 0 Å². The number of hydrogen-bond acceptors (Lipinski definition) is 0. The average Bonchev–Trinajstić information content (AvgIpc) is 2.61. The summed E-state index contributed by atoms with van der Waals surface area (Å²) in [4.78, 5) is 0. The van der Waals surface area contributed by atoms with Crippen LogP contribution in [0.4, 0.5) is 0 Å². The van der Waals surface area contributed by atoms with Gasteiger partial charge in [-0.15, -0.1) is 0 Å². The molecular formula is C27H34. The normalized spacial score (nSPS) is 10.6. The Morgan fingerprint density at radius 2 is 0.852 bits per heavy atom. The van der Waals surface area contributed by atoms with Crippen molar-refractivity contribution in [3.8, 4) is 0 Å². The third-order valence-corrected chi connectivity index (χ3v) is 5.19. The molecule has 0 aliphatic heterocycles. The van der Waals surface area contributed by atoms with E-state index in [0.29, 0.717) is 0 Å². The summed E-state index contributed by atoms with van der Waals surface area (Å²) in [6.07, 6.45) is 0. The van der Waals surface area contributed by atoms with Gasteiger partial charge in [0.25, 0.3) is 0 Å². The van der Waals surface area contributed by atoms with Crippen LogP contribution in [-0.4, -0.2) is 0 Å². The van der Waals surface area contributed by atoms with Crippen LogP contribution in [0.1, 0.15) is 69.8 Å². The smallest absolute Gasteiger partial charge is 0.0350 e. The molecule has 0 spiro atoms. The lowest BCUT2D eigenvalue weighted by Gasteiger charge is -2.27. The zero-order chi connectivity index (χ0) is 20.1. The zero-order valence-electron chi connectivity index (χ0n) is 18.3. The van der Waals surface area contributed by atoms with Gasteiger partial charge in [-0.1, -0.05) is 79.6 Å². The summed E-state index contributed by atoms with van der Waals surface area (Å²) in [5.41, 5.74) is 12.5. The molecule has 0 unspecified atom stereocenters. The third-order valence-electron chi connectivity index (χ3n) is 5.19. The van der Waals surface area contributed by atoms with Gasteiger partial charge in [0, 0.05) is 5.92 Å². The Bertz CT molecular complexity index is 797. The second-order valence-corrected chi connectivity index (χ2v) is 7.47. The minimum absolute atomic E-state index is 0.280. The van der Waals surface area contributed by atoms with E-state index < -0.39 is 0 Å². The first-order chi connectivity index (χ1) is 12.9. The maximum absolute atomic E-state index is 2.32. The molecular weight excluding hydrogens is 324 g/mol. The Labute approximate surface area is 166 Å². The third kappa shape index (κ3) is 4.50. The summed E-state index contributed by atoms with van der Waals surface area (Å²) in [7, 11) is 0. The molecule has 0 fully saturated rings. The van der Waals surface area contributed by atoms with Gasteiger partial charge in [0.1, 0.15) is 0 Å². The van der Waals surface area contributed by atoms with Gasteiger partial charge < -0.3 is 0 Å². The Kier molecular flexibility index (Phi) is 7.02. The summed E-state index contributed by atoms with van der Waals surface area (Å²) in [5, 5.41) is 0. The van der Waals surface area contributed by atoms with Crippen LogP contribution in [0.25, 0.3) is 0 Å². The standard InChI is InChI=1S/C25H28.C2H6/c1-16-12-18(3)23(19(4)13-16)25(22-10-8-7-9-11-22)24-20(5)14-17(2)15-21(24)6;1-2/h7-15,25H,1-6H3;1-2H3. The fraction of sp³-hybridized carbons (Fsp3) is 0.333. The first-order valence-electron chi connectivity index (χ1n) is 10.1. The minimum Gasteiger partial charge on any atom is -0.0683 e. The summed E-state index contributed by atoms with van der Waals surface area (Å²) >= 11 is 0. The van der Waals surface area contributed by atoms with Crippen LogP contribution in [0, 0.1) is 41.5 Å². The number of rotatable bonds is 3. The van der Waals surface area contributed by atoms with Crippen molar-refractivity contribution in [2.45, 2.75) is 61.3 Å². The lowest BCUT2D eigenvalue weighted by atomic mass is 9.77. The fourth-order valence-electron chi connectivity index (χ4n) is 4.42. The molecule has 3 aromatic carbocycles. The van der Waals surface area contributed by atoms with Crippen molar-refractivity contribution in [1.82, 2.24) is 0 Å². The fourth-order valence-corrected chi connectivity index (χ4v) is 4.42. The van der Waals surface area contributed by atoms with Crippen molar-refractivity contribution in [2.24, 2.45) is 0 Å². The summed E-state index contributed by atoms with van der Waals surface area (Å²) in [6, 6.07) is 20.2. The van der Waals surface area contributed by atoms with Gasteiger partial charge in [-0.3, -0.25) is 0 Å². The van der Waals surface area contributed by atoms with Gasteiger partial charge in [-0.25, -0.2) is 0 Å². The molecule has 0 aliphatic rings. The summed E-state index contributed by atoms with van der Waals surface area (Å²) < 4.78 is 0. The molecule has 0 saturated carbocycles. The molecule has 0 heteroatoms. The molecule has 0 radical (unpaired) electrons. The van der Waals surface area contributed by atoms with Gasteiger partial charge in [0.05, 0.1) is 0 Å². The lowest BCUT2D eigenvalue weighted by Crippen LogP contribution is -2.11. The second kappa shape index (κ2) is 9.04. The van der Waals surface area contributed by atoms with Gasteiger partial charge in [-0.05, 0) is 80.5 Å². The van der Waals surface area contributed by atoms with E-state index >= 15 is 0 Å². The first kappa shape index (κ1) is 21.0. The van der Waals surface area contributed by atoms with E-state index in [1.54, 1.807) is 0 Å². The van der Waals surface area contributed by atoms with Crippen LogP contribution in [-0.2, 0) is 0 Å². The molecule has 0 saturated heterocycles. The van der Waals surface area contributed by atoms with Crippen LogP contribution in [0.2, 0.25) is 0 Å². The monoisotopic (exact) mass is 358 g/mol. The van der Waals surface area contributed by atoms with Crippen molar-refractivity contribution in [2.75, 3.05) is 0 Å². The predicted octanol–water partition coefficient (Wildman–Crippen LogP) is 7.74. The molecule has 27 heavy (non-hydrogen) atoms. The van der Waals surface area contributed by atoms with Gasteiger partial charge in [0.2, 0.25) is 0 Å². The van der Waals surface area contributed by atoms with Crippen molar-refractivity contribution in [3.63, 3.8) is 0 Å². The number of aryl methyl sites for hydroxylation is 6. The lowest BCUT2D eigenvalue weighted by molar-refractivity contribution is 0.919. The molecule has 0 amide bonds. The van der Waals surface area contributed by atoms with Crippen molar-refractivity contribution < 1.29 is 0 Å². The molecule has 3 aromatic rings. The quantitative estimate of drug-likeness (QED) is 0.420. The molecule has 142 valence electrons. The first-order valence-corrected chi connectivity index (χ1v) is 10.1. The van der Waals surface area contributed by atoms with E-state index in [2.05, 4.69) is 96.1 Å². The Morgan fingerprint density at radius 3 is 1.19 bits per heavy atom. The average molecular weight is 359 g/mol. The highest BCUT2D eigenvalue weighted by molar-refractivity contribution is 5.55. The van der Waals surface area contributed by atoms with E-state index in [-0.39, 0.29) is 5.92 Å². The Morgan fingerprint density at radius 1 is 0.519 bits per heavy atom. The summed E-state index contributed by atoms with van der Waals surface area (Å²) in [5.74, 6) is 0.280. The molecule has 0 nitrogen and oxygen atoms in total. The number of benzene rings is 3. The molecule has 3 rings (SSSR count). The second-order valence-electron chi connectivity index (χ2n) is 7.47. The van der Waals surface area contributed by atoms with E-state index in [0.717, 1.165) is 0 Å². The topological polar surface area (TPSA) is 0 Å². The molecule has 0 N–H and O–H groups in total. The van der Waals surface area contributed by atoms with Crippen LogP contribution in [0.15, 0.2) is 54.6 Å². The summed E-state index contributed by atoms with van der Waals surface area (Å²) in [6.45, 7) is 17.4. The van der Waals surface area contributed by atoms with E-state index in [9.17, 15) is 0 Å². The highest BCUT2D eigenvalue weighted by Crippen LogP contribution is 2.39. The highest BCUT2D eigenvalue weighted by Gasteiger charge is 2.24. The maximum atomic E-state index is 2.32. The SMILES string of the molecule is CC.Cc1cc(C)c(C(c2ccccc2)c2c(C)cc(C)cc2C)c(C)c1. The Balaban J connectivity index is 0.00000126. The van der Waals surface area contributed by atoms with Gasteiger partial charge in [0.15, 0.2) is 0 Å².